The van der Waals surface area contributed by atoms with E-state index in [1.807, 2.05) is 0 Å². The molecule has 1 rings (SSSR count). The third-order valence-corrected chi connectivity index (χ3v) is 3.43. The molecular weight excluding hydrogens is 212 g/mol. The highest BCUT2D eigenvalue weighted by molar-refractivity contribution is 4.68. The lowest BCUT2D eigenvalue weighted by atomic mass is 10.1. The summed E-state index contributed by atoms with van der Waals surface area (Å²) in [6.07, 6.45) is 13.2. The second kappa shape index (κ2) is 9.90. The summed E-state index contributed by atoms with van der Waals surface area (Å²) < 4.78 is 10.8. The van der Waals surface area contributed by atoms with Crippen LogP contribution in [0, 0.1) is 0 Å². The molecule has 1 fully saturated rings. The Kier molecular flexibility index (Phi) is 8.72. The Morgan fingerprint density at radius 2 is 1.65 bits per heavy atom. The van der Waals surface area contributed by atoms with Crippen LogP contribution in [0.25, 0.3) is 0 Å². The molecular formula is C15H30O2. The van der Waals surface area contributed by atoms with Gasteiger partial charge >= 0.3 is 0 Å². The van der Waals surface area contributed by atoms with E-state index >= 15 is 0 Å². The molecule has 0 aromatic rings. The fraction of sp³-hybridized carbons (Fsp3) is 1.00. The lowest BCUT2D eigenvalue weighted by Gasteiger charge is -2.11. The zero-order valence-electron chi connectivity index (χ0n) is 11.7. The Labute approximate surface area is 107 Å². The zero-order chi connectivity index (χ0) is 12.3. The molecule has 102 valence electrons. The summed E-state index contributed by atoms with van der Waals surface area (Å²) in [5.41, 5.74) is 0. The second-order valence-electron chi connectivity index (χ2n) is 5.36. The van der Waals surface area contributed by atoms with Gasteiger partial charge < -0.3 is 9.47 Å². The molecule has 2 heteroatoms. The monoisotopic (exact) mass is 242 g/mol. The van der Waals surface area contributed by atoms with E-state index < -0.39 is 0 Å². The zero-order valence-corrected chi connectivity index (χ0v) is 11.7. The van der Waals surface area contributed by atoms with Crippen molar-refractivity contribution in [2.45, 2.75) is 83.8 Å². The normalized spacial score (nSPS) is 20.5. The summed E-state index contributed by atoms with van der Waals surface area (Å²) in [6.45, 7) is 6.17. The first-order valence-corrected chi connectivity index (χ1v) is 7.56. The summed E-state index contributed by atoms with van der Waals surface area (Å²) in [5, 5.41) is 0. The average molecular weight is 242 g/mol. The van der Waals surface area contributed by atoms with Crippen LogP contribution in [-0.2, 0) is 9.47 Å². The Bertz CT molecular complexity index is 166. The van der Waals surface area contributed by atoms with Gasteiger partial charge in [0.1, 0.15) is 6.10 Å². The minimum atomic E-state index is 0.413. The van der Waals surface area contributed by atoms with E-state index in [0.29, 0.717) is 12.2 Å². The van der Waals surface area contributed by atoms with Crippen LogP contribution in [0.3, 0.4) is 0 Å². The lowest BCUT2D eigenvalue weighted by Crippen LogP contribution is -2.12. The van der Waals surface area contributed by atoms with Gasteiger partial charge in [-0.2, -0.15) is 0 Å². The molecule has 0 bridgehead atoms. The van der Waals surface area contributed by atoms with Crippen LogP contribution >= 0.6 is 0 Å². The highest BCUT2D eigenvalue weighted by Crippen LogP contribution is 2.14. The van der Waals surface area contributed by atoms with E-state index in [4.69, 9.17) is 9.47 Å². The molecule has 0 saturated carbocycles. The van der Waals surface area contributed by atoms with E-state index in [2.05, 4.69) is 13.8 Å². The Morgan fingerprint density at radius 3 is 2.24 bits per heavy atom. The first kappa shape index (κ1) is 15.0. The van der Waals surface area contributed by atoms with Gasteiger partial charge in [0.05, 0.1) is 19.3 Å². The van der Waals surface area contributed by atoms with E-state index in [1.165, 1.54) is 57.8 Å². The SMILES string of the molecule is CCCCCCCCCCC(C)OCC1CO1. The summed E-state index contributed by atoms with van der Waals surface area (Å²) in [6, 6.07) is 0. The maximum Gasteiger partial charge on any atom is 0.104 e. The summed E-state index contributed by atoms with van der Waals surface area (Å²) in [5.74, 6) is 0. The molecule has 0 N–H and O–H groups in total. The highest BCUT2D eigenvalue weighted by atomic mass is 16.6. The molecule has 1 aliphatic rings. The smallest absolute Gasteiger partial charge is 0.104 e. The molecule has 2 unspecified atom stereocenters. The van der Waals surface area contributed by atoms with E-state index in [0.717, 1.165) is 13.2 Å². The van der Waals surface area contributed by atoms with Crippen LogP contribution in [0.15, 0.2) is 0 Å². The first-order chi connectivity index (χ1) is 8.33. The largest absolute Gasteiger partial charge is 0.376 e. The minimum Gasteiger partial charge on any atom is -0.376 e. The van der Waals surface area contributed by atoms with Crippen LogP contribution in [0.2, 0.25) is 0 Å². The molecule has 0 aromatic carbocycles. The standard InChI is InChI=1S/C15H30O2/c1-3-4-5-6-7-8-9-10-11-14(2)16-12-15-13-17-15/h14-15H,3-13H2,1-2H3. The molecule has 2 atom stereocenters. The first-order valence-electron chi connectivity index (χ1n) is 7.56. The average Bonchev–Trinajstić information content (AvgIpc) is 3.14. The third kappa shape index (κ3) is 9.61. The van der Waals surface area contributed by atoms with Crippen molar-refractivity contribution in [1.82, 2.24) is 0 Å². The number of hydrogen-bond acceptors (Lipinski definition) is 2. The van der Waals surface area contributed by atoms with Crippen LogP contribution in [-0.4, -0.2) is 25.4 Å². The van der Waals surface area contributed by atoms with Crippen molar-refractivity contribution in [3.8, 4) is 0 Å². The van der Waals surface area contributed by atoms with Crippen LogP contribution in [0.1, 0.15) is 71.6 Å². The highest BCUT2D eigenvalue weighted by Gasteiger charge is 2.23. The molecule has 17 heavy (non-hydrogen) atoms. The molecule has 1 aliphatic heterocycles. The van der Waals surface area contributed by atoms with Crippen molar-refractivity contribution in [3.63, 3.8) is 0 Å². The lowest BCUT2D eigenvalue weighted by molar-refractivity contribution is 0.0476. The van der Waals surface area contributed by atoms with Gasteiger partial charge in [0.15, 0.2) is 0 Å². The van der Waals surface area contributed by atoms with Crippen molar-refractivity contribution >= 4 is 0 Å². The van der Waals surface area contributed by atoms with Crippen LogP contribution < -0.4 is 0 Å². The Morgan fingerprint density at radius 1 is 1.06 bits per heavy atom. The number of unbranched alkanes of at least 4 members (excludes halogenated alkanes) is 7. The maximum atomic E-state index is 5.70. The fourth-order valence-corrected chi connectivity index (χ4v) is 2.08. The van der Waals surface area contributed by atoms with Gasteiger partial charge in [-0.25, -0.2) is 0 Å². The molecule has 2 nitrogen and oxygen atoms in total. The second-order valence-corrected chi connectivity index (χ2v) is 5.36. The van der Waals surface area contributed by atoms with Gasteiger partial charge in [-0.3, -0.25) is 0 Å². The van der Waals surface area contributed by atoms with E-state index in [9.17, 15) is 0 Å². The maximum absolute atomic E-state index is 5.70. The van der Waals surface area contributed by atoms with Gasteiger partial charge in [-0.1, -0.05) is 58.3 Å². The predicted octanol–water partition coefficient (Wildman–Crippen LogP) is 4.32. The molecule has 0 spiro atoms. The summed E-state index contributed by atoms with van der Waals surface area (Å²) in [4.78, 5) is 0. The minimum absolute atomic E-state index is 0.413. The Balaban J connectivity index is 1.73. The van der Waals surface area contributed by atoms with Crippen molar-refractivity contribution < 1.29 is 9.47 Å². The molecule has 0 aliphatic carbocycles. The molecule has 0 aromatic heterocycles. The summed E-state index contributed by atoms with van der Waals surface area (Å²) in [7, 11) is 0. The topological polar surface area (TPSA) is 21.8 Å². The molecule has 0 radical (unpaired) electrons. The number of epoxide rings is 1. The van der Waals surface area contributed by atoms with Crippen LogP contribution in [0.4, 0.5) is 0 Å². The van der Waals surface area contributed by atoms with Gasteiger partial charge in [-0.15, -0.1) is 0 Å². The molecule has 1 heterocycles. The number of hydrogen-bond donors (Lipinski definition) is 0. The van der Waals surface area contributed by atoms with Gasteiger partial charge in [0, 0.05) is 0 Å². The van der Waals surface area contributed by atoms with Gasteiger partial charge in [-0.05, 0) is 13.3 Å². The quantitative estimate of drug-likeness (QED) is 0.375. The van der Waals surface area contributed by atoms with Gasteiger partial charge in [0.25, 0.3) is 0 Å². The Hall–Kier alpha value is -0.0800. The fourth-order valence-electron chi connectivity index (χ4n) is 2.08. The molecule has 1 saturated heterocycles. The van der Waals surface area contributed by atoms with Crippen molar-refractivity contribution in [2.24, 2.45) is 0 Å². The van der Waals surface area contributed by atoms with Crippen molar-refractivity contribution in [1.29, 1.82) is 0 Å². The van der Waals surface area contributed by atoms with Crippen LogP contribution in [0.5, 0.6) is 0 Å². The molecule has 0 amide bonds. The number of ether oxygens (including phenoxy) is 2. The van der Waals surface area contributed by atoms with Crippen molar-refractivity contribution in [2.75, 3.05) is 13.2 Å². The summed E-state index contributed by atoms with van der Waals surface area (Å²) >= 11 is 0. The van der Waals surface area contributed by atoms with Gasteiger partial charge in [0.2, 0.25) is 0 Å². The predicted molar refractivity (Wildman–Crippen MR) is 72.4 cm³/mol. The number of rotatable bonds is 12. The van der Waals surface area contributed by atoms with E-state index in [-0.39, 0.29) is 0 Å². The van der Waals surface area contributed by atoms with Crippen molar-refractivity contribution in [3.05, 3.63) is 0 Å². The third-order valence-electron chi connectivity index (χ3n) is 3.43. The van der Waals surface area contributed by atoms with E-state index in [1.54, 1.807) is 0 Å².